The van der Waals surface area contributed by atoms with Crippen LogP contribution in [0, 0.1) is 0 Å². The van der Waals surface area contributed by atoms with Crippen molar-refractivity contribution in [3.05, 3.63) is 35.9 Å². The summed E-state index contributed by atoms with van der Waals surface area (Å²) in [6.45, 7) is 3.84. The summed E-state index contributed by atoms with van der Waals surface area (Å²) < 4.78 is 5.09. The van der Waals surface area contributed by atoms with E-state index in [4.69, 9.17) is 9.84 Å². The van der Waals surface area contributed by atoms with Gasteiger partial charge in [-0.3, -0.25) is 0 Å². The van der Waals surface area contributed by atoms with Crippen LogP contribution in [0.15, 0.2) is 35.9 Å². The second kappa shape index (κ2) is 7.83. The molecule has 20 heavy (non-hydrogen) atoms. The first-order valence-corrected chi connectivity index (χ1v) is 6.11. The maximum atomic E-state index is 11.7. The predicted octanol–water partition coefficient (Wildman–Crippen LogP) is 2.24. The molecule has 0 aliphatic heterocycles. The van der Waals surface area contributed by atoms with E-state index >= 15 is 0 Å². The maximum Gasteiger partial charge on any atom is 0.341 e. The van der Waals surface area contributed by atoms with Crippen LogP contribution in [0.25, 0.3) is 0 Å². The molecule has 0 bridgehead atoms. The summed E-state index contributed by atoms with van der Waals surface area (Å²) in [7, 11) is 0. The Bertz CT molecular complexity index is 508. The second-order valence-electron chi connectivity index (χ2n) is 4.30. The van der Waals surface area contributed by atoms with Crippen LogP contribution < -0.4 is 15.4 Å². The molecule has 6 heteroatoms. The molecular formula is C14H18N2O4. The monoisotopic (exact) mass is 278 g/mol. The molecule has 0 aliphatic carbocycles. The molecule has 0 aliphatic rings. The summed E-state index contributed by atoms with van der Waals surface area (Å²) in [6, 6.07) is 6.27. The van der Waals surface area contributed by atoms with Crippen molar-refractivity contribution in [1.82, 2.24) is 5.32 Å². The minimum atomic E-state index is -1.08. The summed E-state index contributed by atoms with van der Waals surface area (Å²) >= 11 is 0. The molecule has 108 valence electrons. The molecule has 2 amide bonds. The molecule has 0 unspecified atom stereocenters. The Morgan fingerprint density at radius 1 is 1.30 bits per heavy atom. The van der Waals surface area contributed by atoms with Gasteiger partial charge in [-0.2, -0.15) is 0 Å². The van der Waals surface area contributed by atoms with E-state index in [1.165, 1.54) is 0 Å². The van der Waals surface area contributed by atoms with Crippen molar-refractivity contribution < 1.29 is 19.4 Å². The fourth-order valence-corrected chi connectivity index (χ4v) is 1.35. The van der Waals surface area contributed by atoms with Crippen LogP contribution in [0.2, 0.25) is 0 Å². The Balaban J connectivity index is 2.60. The number of nitrogens with one attached hydrogen (secondary N) is 2. The predicted molar refractivity (Wildman–Crippen MR) is 76.0 cm³/mol. The third kappa shape index (κ3) is 5.90. The molecule has 1 rings (SSSR count). The highest BCUT2D eigenvalue weighted by Crippen LogP contribution is 2.23. The van der Waals surface area contributed by atoms with Crippen LogP contribution in [0.5, 0.6) is 5.75 Å². The number of rotatable bonds is 6. The first kappa shape index (κ1) is 15.6. The van der Waals surface area contributed by atoms with Crippen LogP contribution in [-0.2, 0) is 4.79 Å². The van der Waals surface area contributed by atoms with Crippen LogP contribution in [0.4, 0.5) is 10.5 Å². The molecule has 1 aromatic carbocycles. The largest absolute Gasteiger partial charge is 0.480 e. The number of hydrogen-bond donors (Lipinski definition) is 3. The van der Waals surface area contributed by atoms with Crippen molar-refractivity contribution in [3.8, 4) is 5.75 Å². The highest BCUT2D eigenvalue weighted by Gasteiger charge is 2.07. The van der Waals surface area contributed by atoms with E-state index in [0.717, 1.165) is 5.57 Å². The number of hydrogen-bond acceptors (Lipinski definition) is 3. The van der Waals surface area contributed by atoms with Gasteiger partial charge in [-0.05, 0) is 26.0 Å². The average Bonchev–Trinajstić information content (AvgIpc) is 2.37. The molecule has 1 aromatic rings. The Kier molecular flexibility index (Phi) is 6.09. The standard InChI is InChI=1S/C14H18N2O4/c1-10(2)7-8-15-14(19)16-11-5-3-4-6-12(11)20-9-13(17)18/h3-7H,8-9H2,1-2H3,(H,17,18)(H2,15,16,19). The van der Waals surface area contributed by atoms with Crippen LogP contribution >= 0.6 is 0 Å². The Morgan fingerprint density at radius 3 is 2.65 bits per heavy atom. The third-order valence-electron chi connectivity index (χ3n) is 2.26. The number of carboxylic acids is 1. The lowest BCUT2D eigenvalue weighted by atomic mass is 10.3. The lowest BCUT2D eigenvalue weighted by Gasteiger charge is -2.11. The van der Waals surface area contributed by atoms with Gasteiger partial charge < -0.3 is 20.5 Å². The number of benzene rings is 1. The summed E-state index contributed by atoms with van der Waals surface area (Å²) in [5.41, 5.74) is 1.53. The minimum absolute atomic E-state index is 0.312. The van der Waals surface area contributed by atoms with Gasteiger partial charge in [0.15, 0.2) is 6.61 Å². The van der Waals surface area contributed by atoms with E-state index in [1.807, 2.05) is 19.9 Å². The van der Waals surface area contributed by atoms with Gasteiger partial charge >= 0.3 is 12.0 Å². The Morgan fingerprint density at radius 2 is 2.00 bits per heavy atom. The Labute approximate surface area is 117 Å². The third-order valence-corrected chi connectivity index (χ3v) is 2.26. The lowest BCUT2D eigenvalue weighted by molar-refractivity contribution is -0.139. The topological polar surface area (TPSA) is 87.7 Å². The van der Waals surface area contributed by atoms with Gasteiger partial charge in [-0.25, -0.2) is 9.59 Å². The SMILES string of the molecule is CC(C)=CCNC(=O)Nc1ccccc1OCC(=O)O. The van der Waals surface area contributed by atoms with Crippen molar-refractivity contribution in [1.29, 1.82) is 0 Å². The van der Waals surface area contributed by atoms with E-state index in [0.29, 0.717) is 18.0 Å². The first-order chi connectivity index (χ1) is 9.49. The zero-order valence-corrected chi connectivity index (χ0v) is 11.5. The van der Waals surface area contributed by atoms with Gasteiger partial charge in [0.05, 0.1) is 5.69 Å². The number of carboxylic acid groups (broad SMARTS) is 1. The number of carbonyl (C=O) groups is 2. The molecule has 0 saturated heterocycles. The number of ether oxygens (including phenoxy) is 1. The quantitative estimate of drug-likeness (QED) is 0.696. The summed E-state index contributed by atoms with van der Waals surface area (Å²) in [5.74, 6) is -0.764. The van der Waals surface area contributed by atoms with Crippen molar-refractivity contribution in [2.75, 3.05) is 18.5 Å². The van der Waals surface area contributed by atoms with Gasteiger partial charge in [0, 0.05) is 6.54 Å². The Hall–Kier alpha value is -2.50. The summed E-state index contributed by atoms with van der Waals surface area (Å²) in [4.78, 5) is 22.1. The second-order valence-corrected chi connectivity index (χ2v) is 4.30. The van der Waals surface area contributed by atoms with E-state index < -0.39 is 12.6 Å². The first-order valence-electron chi connectivity index (χ1n) is 6.11. The minimum Gasteiger partial charge on any atom is -0.480 e. The number of carbonyl (C=O) groups excluding carboxylic acids is 1. The number of amides is 2. The van der Waals surface area contributed by atoms with E-state index in [2.05, 4.69) is 10.6 Å². The number of urea groups is 1. The summed E-state index contributed by atoms with van der Waals surface area (Å²) in [5, 5.41) is 13.9. The maximum absolute atomic E-state index is 11.7. The smallest absolute Gasteiger partial charge is 0.341 e. The molecule has 6 nitrogen and oxygen atoms in total. The molecule has 0 saturated carbocycles. The van der Waals surface area contributed by atoms with Crippen molar-refractivity contribution in [2.45, 2.75) is 13.8 Å². The van der Waals surface area contributed by atoms with E-state index in [1.54, 1.807) is 24.3 Å². The highest BCUT2D eigenvalue weighted by atomic mass is 16.5. The molecule has 3 N–H and O–H groups in total. The van der Waals surface area contributed by atoms with Crippen molar-refractivity contribution in [2.24, 2.45) is 0 Å². The normalized spacial score (nSPS) is 9.50. The van der Waals surface area contributed by atoms with Crippen molar-refractivity contribution >= 4 is 17.7 Å². The van der Waals surface area contributed by atoms with Gasteiger partial charge in [0.25, 0.3) is 0 Å². The van der Waals surface area contributed by atoms with Crippen LogP contribution in [-0.4, -0.2) is 30.3 Å². The number of anilines is 1. The van der Waals surface area contributed by atoms with Gasteiger partial charge in [-0.1, -0.05) is 23.8 Å². The molecule has 0 heterocycles. The number of para-hydroxylation sites is 2. The van der Waals surface area contributed by atoms with Crippen LogP contribution in [0.3, 0.4) is 0 Å². The summed E-state index contributed by atoms with van der Waals surface area (Å²) in [6.07, 6.45) is 1.88. The number of aliphatic carboxylic acids is 1. The number of allylic oxidation sites excluding steroid dienone is 1. The van der Waals surface area contributed by atoms with E-state index in [-0.39, 0.29) is 6.03 Å². The molecule has 0 atom stereocenters. The lowest BCUT2D eigenvalue weighted by Crippen LogP contribution is -2.29. The van der Waals surface area contributed by atoms with Crippen molar-refractivity contribution in [3.63, 3.8) is 0 Å². The fourth-order valence-electron chi connectivity index (χ4n) is 1.35. The zero-order valence-electron chi connectivity index (χ0n) is 11.5. The van der Waals surface area contributed by atoms with E-state index in [9.17, 15) is 9.59 Å². The molecule has 0 fully saturated rings. The molecule has 0 aromatic heterocycles. The fraction of sp³-hybridized carbons (Fsp3) is 0.286. The van der Waals surface area contributed by atoms with Gasteiger partial charge in [0.2, 0.25) is 0 Å². The van der Waals surface area contributed by atoms with Crippen LogP contribution in [0.1, 0.15) is 13.8 Å². The highest BCUT2D eigenvalue weighted by molar-refractivity contribution is 5.91. The molecule has 0 spiro atoms. The molecular weight excluding hydrogens is 260 g/mol. The molecule has 0 radical (unpaired) electrons. The zero-order chi connectivity index (χ0) is 15.0. The average molecular weight is 278 g/mol. The van der Waals surface area contributed by atoms with Gasteiger partial charge in [0.1, 0.15) is 5.75 Å². The van der Waals surface area contributed by atoms with Gasteiger partial charge in [-0.15, -0.1) is 0 Å².